The van der Waals surface area contributed by atoms with Crippen LogP contribution in [0.1, 0.15) is 18.7 Å². The summed E-state index contributed by atoms with van der Waals surface area (Å²) in [5.41, 5.74) is 1.40. The molecule has 9 heteroatoms. The number of nitrogens with zero attached hydrogens (tertiary/aromatic N) is 5. The van der Waals surface area contributed by atoms with E-state index in [1.54, 1.807) is 29.8 Å². The summed E-state index contributed by atoms with van der Waals surface area (Å²) in [5.74, 6) is 2.18. The average molecular weight is 401 g/mol. The molecule has 0 aliphatic carbocycles. The molecule has 3 heterocycles. The number of benzene rings is 1. The topological polar surface area (TPSA) is 84.6 Å². The van der Waals surface area contributed by atoms with Gasteiger partial charge in [-0.05, 0) is 50.1 Å². The van der Waals surface area contributed by atoms with E-state index in [1.165, 1.54) is 0 Å². The van der Waals surface area contributed by atoms with Crippen LogP contribution in [0.25, 0.3) is 5.65 Å². The SMILES string of the molecule is COc1ccc(NC(=O)C2CCN(c3ccc4nnc(C)n4n3)CC2)cc1Cl. The Bertz CT molecular complexity index is 1010. The Kier molecular flexibility index (Phi) is 5.04. The van der Waals surface area contributed by atoms with Crippen molar-refractivity contribution in [2.24, 2.45) is 5.92 Å². The maximum absolute atomic E-state index is 12.6. The summed E-state index contributed by atoms with van der Waals surface area (Å²) in [6.07, 6.45) is 1.52. The Hall–Kier alpha value is -2.87. The van der Waals surface area contributed by atoms with E-state index < -0.39 is 0 Å². The van der Waals surface area contributed by atoms with Crippen molar-refractivity contribution in [2.45, 2.75) is 19.8 Å². The van der Waals surface area contributed by atoms with Crippen molar-refractivity contribution in [1.29, 1.82) is 0 Å². The third-order valence-electron chi connectivity index (χ3n) is 5.01. The zero-order valence-corrected chi connectivity index (χ0v) is 16.5. The fourth-order valence-electron chi connectivity index (χ4n) is 3.41. The molecule has 3 aromatic rings. The standard InChI is InChI=1S/C19H21ClN6O2/c1-12-22-23-17-5-6-18(24-26(12)17)25-9-7-13(8-10-25)19(27)21-14-3-4-16(28-2)15(20)11-14/h3-6,11,13H,7-10H2,1-2H3,(H,21,27). The minimum absolute atomic E-state index is 0.0129. The number of halogens is 1. The number of methoxy groups -OCH3 is 1. The molecular weight excluding hydrogens is 380 g/mol. The molecule has 0 saturated carbocycles. The number of nitrogens with one attached hydrogen (secondary N) is 1. The second kappa shape index (κ2) is 7.63. The third-order valence-corrected chi connectivity index (χ3v) is 5.31. The quantitative estimate of drug-likeness (QED) is 0.724. The molecule has 146 valence electrons. The van der Waals surface area contributed by atoms with E-state index >= 15 is 0 Å². The molecule has 0 atom stereocenters. The first-order valence-corrected chi connectivity index (χ1v) is 9.51. The van der Waals surface area contributed by atoms with Crippen molar-refractivity contribution in [1.82, 2.24) is 19.8 Å². The number of aryl methyl sites for hydroxylation is 1. The Morgan fingerprint density at radius 1 is 1.21 bits per heavy atom. The van der Waals surface area contributed by atoms with Crippen LogP contribution in [0, 0.1) is 12.8 Å². The van der Waals surface area contributed by atoms with E-state index in [-0.39, 0.29) is 11.8 Å². The largest absolute Gasteiger partial charge is 0.495 e. The minimum atomic E-state index is -0.0440. The highest BCUT2D eigenvalue weighted by Gasteiger charge is 2.26. The molecule has 1 fully saturated rings. The van der Waals surface area contributed by atoms with Crippen LogP contribution in [0.5, 0.6) is 5.75 Å². The van der Waals surface area contributed by atoms with Crippen LogP contribution in [0.4, 0.5) is 11.5 Å². The van der Waals surface area contributed by atoms with Gasteiger partial charge < -0.3 is 15.0 Å². The molecule has 1 aliphatic heterocycles. The number of carbonyl (C=O) groups is 1. The maximum Gasteiger partial charge on any atom is 0.227 e. The lowest BCUT2D eigenvalue weighted by Crippen LogP contribution is -2.38. The van der Waals surface area contributed by atoms with Crippen molar-refractivity contribution in [2.75, 3.05) is 30.4 Å². The summed E-state index contributed by atoms with van der Waals surface area (Å²) in [5, 5.41) is 16.1. The summed E-state index contributed by atoms with van der Waals surface area (Å²) < 4.78 is 6.88. The Morgan fingerprint density at radius 3 is 2.71 bits per heavy atom. The monoisotopic (exact) mass is 400 g/mol. The highest BCUT2D eigenvalue weighted by atomic mass is 35.5. The van der Waals surface area contributed by atoms with Crippen molar-refractivity contribution >= 4 is 34.7 Å². The molecule has 1 aliphatic rings. The van der Waals surface area contributed by atoms with E-state index in [9.17, 15) is 4.79 Å². The molecule has 1 N–H and O–H groups in total. The normalized spacial score (nSPS) is 15.0. The number of hydrogen-bond acceptors (Lipinski definition) is 6. The highest BCUT2D eigenvalue weighted by Crippen LogP contribution is 2.28. The van der Waals surface area contributed by atoms with Crippen LogP contribution < -0.4 is 15.0 Å². The third kappa shape index (κ3) is 3.60. The van der Waals surface area contributed by atoms with Gasteiger partial charge in [0, 0.05) is 24.7 Å². The fourth-order valence-corrected chi connectivity index (χ4v) is 3.67. The van der Waals surface area contributed by atoms with Gasteiger partial charge in [0.2, 0.25) is 5.91 Å². The number of piperidine rings is 1. The number of carbonyl (C=O) groups excluding carboxylic acids is 1. The number of anilines is 2. The Labute approximate surface area is 167 Å². The molecule has 2 aromatic heterocycles. The van der Waals surface area contributed by atoms with Gasteiger partial charge in [0.05, 0.1) is 12.1 Å². The number of ether oxygens (including phenoxy) is 1. The van der Waals surface area contributed by atoms with E-state index in [2.05, 4.69) is 25.5 Å². The van der Waals surface area contributed by atoms with Gasteiger partial charge in [0.1, 0.15) is 11.6 Å². The summed E-state index contributed by atoms with van der Waals surface area (Å²) in [7, 11) is 1.56. The van der Waals surface area contributed by atoms with Crippen LogP contribution >= 0.6 is 11.6 Å². The molecule has 1 saturated heterocycles. The van der Waals surface area contributed by atoms with Crippen LogP contribution in [0.3, 0.4) is 0 Å². The molecular formula is C19H21ClN6O2. The summed E-state index contributed by atoms with van der Waals surface area (Å²) in [6.45, 7) is 3.40. The lowest BCUT2D eigenvalue weighted by atomic mass is 9.96. The van der Waals surface area contributed by atoms with Gasteiger partial charge in [0.15, 0.2) is 11.5 Å². The number of rotatable bonds is 4. The van der Waals surface area contributed by atoms with Crippen molar-refractivity contribution < 1.29 is 9.53 Å². The first-order chi connectivity index (χ1) is 13.5. The zero-order chi connectivity index (χ0) is 19.7. The van der Waals surface area contributed by atoms with Crippen molar-refractivity contribution in [3.63, 3.8) is 0 Å². The number of hydrogen-bond donors (Lipinski definition) is 1. The molecule has 0 radical (unpaired) electrons. The van der Waals surface area contributed by atoms with E-state index in [4.69, 9.17) is 16.3 Å². The zero-order valence-electron chi connectivity index (χ0n) is 15.7. The van der Waals surface area contributed by atoms with E-state index in [1.807, 2.05) is 19.1 Å². The van der Waals surface area contributed by atoms with Gasteiger partial charge in [-0.2, -0.15) is 4.52 Å². The first-order valence-electron chi connectivity index (χ1n) is 9.13. The van der Waals surface area contributed by atoms with Gasteiger partial charge in [-0.15, -0.1) is 15.3 Å². The summed E-state index contributed by atoms with van der Waals surface area (Å²) in [4.78, 5) is 14.8. The Morgan fingerprint density at radius 2 is 2.00 bits per heavy atom. The fraction of sp³-hybridized carbons (Fsp3) is 0.368. The molecule has 28 heavy (non-hydrogen) atoms. The van der Waals surface area contributed by atoms with Crippen LogP contribution in [0.2, 0.25) is 5.02 Å². The lowest BCUT2D eigenvalue weighted by molar-refractivity contribution is -0.120. The van der Waals surface area contributed by atoms with Crippen LogP contribution in [-0.4, -0.2) is 45.9 Å². The second-order valence-electron chi connectivity index (χ2n) is 6.81. The van der Waals surface area contributed by atoms with Gasteiger partial charge in [-0.3, -0.25) is 4.79 Å². The van der Waals surface area contributed by atoms with Gasteiger partial charge >= 0.3 is 0 Å². The number of aromatic nitrogens is 4. The predicted molar refractivity (Wildman–Crippen MR) is 107 cm³/mol. The highest BCUT2D eigenvalue weighted by molar-refractivity contribution is 6.32. The van der Waals surface area contributed by atoms with E-state index in [0.29, 0.717) is 16.5 Å². The smallest absolute Gasteiger partial charge is 0.227 e. The first kappa shape index (κ1) is 18.5. The van der Waals surface area contributed by atoms with Gasteiger partial charge in [-0.1, -0.05) is 11.6 Å². The lowest BCUT2D eigenvalue weighted by Gasteiger charge is -2.32. The van der Waals surface area contributed by atoms with Crippen molar-refractivity contribution in [3.8, 4) is 5.75 Å². The molecule has 1 amide bonds. The molecule has 8 nitrogen and oxygen atoms in total. The Balaban J connectivity index is 1.38. The van der Waals surface area contributed by atoms with Gasteiger partial charge in [0.25, 0.3) is 0 Å². The molecule has 0 spiro atoms. The van der Waals surface area contributed by atoms with Crippen LogP contribution in [0.15, 0.2) is 30.3 Å². The molecule has 0 unspecified atom stereocenters. The second-order valence-corrected chi connectivity index (χ2v) is 7.22. The average Bonchev–Trinajstić information content (AvgIpc) is 3.08. The van der Waals surface area contributed by atoms with Gasteiger partial charge in [-0.25, -0.2) is 0 Å². The maximum atomic E-state index is 12.6. The van der Waals surface area contributed by atoms with Crippen LogP contribution in [-0.2, 0) is 4.79 Å². The summed E-state index contributed by atoms with van der Waals surface area (Å²) in [6, 6.07) is 9.10. The minimum Gasteiger partial charge on any atom is -0.495 e. The molecule has 4 rings (SSSR count). The number of amides is 1. The molecule has 0 bridgehead atoms. The summed E-state index contributed by atoms with van der Waals surface area (Å²) >= 11 is 6.13. The molecule has 1 aromatic carbocycles. The van der Waals surface area contributed by atoms with E-state index in [0.717, 1.165) is 43.2 Å². The predicted octanol–water partition coefficient (Wildman–Crippen LogP) is 2.95. The number of fused-ring (bicyclic) bond motifs is 1. The van der Waals surface area contributed by atoms with Crippen molar-refractivity contribution in [3.05, 3.63) is 41.2 Å².